The first-order chi connectivity index (χ1) is 14.6. The third-order valence-corrected chi connectivity index (χ3v) is 18.2. The van der Waals surface area contributed by atoms with Crippen LogP contribution in [-0.2, 0) is 26.6 Å². The summed E-state index contributed by atoms with van der Waals surface area (Å²) in [4.78, 5) is 2.70. The molecule has 30 heavy (non-hydrogen) atoms. The molecule has 0 atom stereocenters. The highest BCUT2D eigenvalue weighted by Crippen LogP contribution is 2.54. The van der Waals surface area contributed by atoms with Crippen molar-refractivity contribution in [3.05, 3.63) is 20.2 Å². The first-order valence-electron chi connectivity index (χ1n) is 10.00. The molecule has 2 aliphatic rings. The van der Waals surface area contributed by atoms with Crippen molar-refractivity contribution in [2.24, 2.45) is 0 Å². The normalized spacial score (nSPS) is 19.0. The molecule has 0 aliphatic heterocycles. The Hall–Kier alpha value is 1.07. The topological polar surface area (TPSA) is 55.4 Å². The van der Waals surface area contributed by atoms with E-state index in [0.717, 1.165) is 38.5 Å². The maximum atomic E-state index is 5.75. The Morgan fingerprint density at radius 3 is 1.10 bits per heavy atom. The summed E-state index contributed by atoms with van der Waals surface area (Å²) in [5, 5.41) is 2.48. The van der Waals surface area contributed by atoms with Crippen molar-refractivity contribution in [3.63, 3.8) is 0 Å². The van der Waals surface area contributed by atoms with E-state index in [1.54, 1.807) is 62.3 Å². The lowest BCUT2D eigenvalue weighted by atomic mass is 10.1. The third kappa shape index (κ3) is 6.35. The monoisotopic (exact) mass is 530 g/mol. The van der Waals surface area contributed by atoms with Gasteiger partial charge in [0.2, 0.25) is 0 Å². The molecular weight excluding hydrogens is 497 g/mol. The van der Waals surface area contributed by atoms with Crippen molar-refractivity contribution >= 4 is 58.8 Å². The van der Waals surface area contributed by atoms with Crippen LogP contribution in [0.3, 0.4) is 0 Å². The minimum absolute atomic E-state index is 0.987. The fourth-order valence-electron chi connectivity index (χ4n) is 3.94. The van der Waals surface area contributed by atoms with Crippen molar-refractivity contribution in [2.45, 2.75) is 51.4 Å². The van der Waals surface area contributed by atoms with Gasteiger partial charge in [-0.15, -0.1) is 0 Å². The quantitative estimate of drug-likeness (QED) is 0.157. The molecule has 174 valence electrons. The van der Waals surface area contributed by atoms with E-state index in [9.17, 15) is 0 Å². The zero-order chi connectivity index (χ0) is 22.0. The third-order valence-electron chi connectivity index (χ3n) is 5.48. The lowest BCUT2D eigenvalue weighted by molar-refractivity contribution is 0.132. The van der Waals surface area contributed by atoms with Crippen LogP contribution in [0.5, 0.6) is 0 Å². The molecule has 0 fully saturated rings. The van der Waals surface area contributed by atoms with Gasteiger partial charge in [-0.25, -0.2) is 0 Å². The van der Waals surface area contributed by atoms with E-state index in [2.05, 4.69) is 0 Å². The van der Waals surface area contributed by atoms with E-state index in [1.165, 1.54) is 33.0 Å². The summed E-state index contributed by atoms with van der Waals surface area (Å²) in [6.07, 6.45) is 8.81. The fraction of sp³-hybridized carbons (Fsp3) is 0.778. The molecule has 12 heteroatoms. The lowest BCUT2D eigenvalue weighted by Gasteiger charge is -2.31. The van der Waals surface area contributed by atoms with Crippen LogP contribution in [0.25, 0.3) is 0 Å². The number of hydrogen-bond acceptors (Lipinski definition) is 10. The summed E-state index contributed by atoms with van der Waals surface area (Å²) in [5.74, 6) is 0. The van der Waals surface area contributed by atoms with Gasteiger partial charge in [0.25, 0.3) is 0 Å². The van der Waals surface area contributed by atoms with Crippen LogP contribution in [0.4, 0.5) is 0 Å². The van der Waals surface area contributed by atoms with Crippen molar-refractivity contribution in [1.29, 1.82) is 0 Å². The summed E-state index contributed by atoms with van der Waals surface area (Å²) in [7, 11) is 11.9. The molecule has 0 amide bonds. The average molecular weight is 531 g/mol. The van der Waals surface area contributed by atoms with Gasteiger partial charge in [0.05, 0.1) is 0 Å². The first kappa shape index (κ1) is 27.3. The van der Waals surface area contributed by atoms with Crippen LogP contribution in [0.2, 0.25) is 0 Å². The largest absolute Gasteiger partial charge is 0.533 e. The van der Waals surface area contributed by atoms with Crippen LogP contribution in [0.15, 0.2) is 20.2 Å². The molecule has 0 aromatic rings. The molecule has 0 heterocycles. The van der Waals surface area contributed by atoms with Gasteiger partial charge in [-0.3, -0.25) is 0 Å². The van der Waals surface area contributed by atoms with E-state index < -0.39 is 17.6 Å². The van der Waals surface area contributed by atoms with Crippen LogP contribution in [0, 0.1) is 0 Å². The highest BCUT2D eigenvalue weighted by atomic mass is 33.7. The van der Waals surface area contributed by atoms with E-state index in [1.807, 2.05) is 21.6 Å². The maximum Gasteiger partial charge on any atom is 0.533 e. The molecule has 0 saturated carbocycles. The molecule has 0 saturated heterocycles. The van der Waals surface area contributed by atoms with Gasteiger partial charge in [-0.1, -0.05) is 0 Å². The lowest BCUT2D eigenvalue weighted by Crippen LogP contribution is -2.46. The summed E-state index contributed by atoms with van der Waals surface area (Å²) in [5.41, 5.74) is 0. The Kier molecular flexibility index (Phi) is 12.5. The van der Waals surface area contributed by atoms with Gasteiger partial charge in [-0.05, 0) is 102 Å². The van der Waals surface area contributed by atoms with Crippen LogP contribution >= 0.6 is 41.2 Å². The Morgan fingerprint density at radius 2 is 0.800 bits per heavy atom. The second-order valence-corrected chi connectivity index (χ2v) is 18.6. The smallest absolute Gasteiger partial charge is 0.374 e. The standard InChI is InChI=1S/C18H34O6S4Si2/c1-19-29(20-2,21-3)17-13-9-7-11-15(17)25-27-28-26-16-12-8-10-14-18(16)30(22-4,23-5)24-6/h7-14H2,1-6H3. The Labute approximate surface area is 198 Å². The second kappa shape index (κ2) is 13.7. The van der Waals surface area contributed by atoms with E-state index >= 15 is 0 Å². The summed E-state index contributed by atoms with van der Waals surface area (Å²) < 4.78 is 34.5. The summed E-state index contributed by atoms with van der Waals surface area (Å²) in [6.45, 7) is 0. The van der Waals surface area contributed by atoms with Crippen molar-refractivity contribution < 1.29 is 26.6 Å². The van der Waals surface area contributed by atoms with Gasteiger partial charge < -0.3 is 26.6 Å². The Balaban J connectivity index is 2.07. The van der Waals surface area contributed by atoms with Gasteiger partial charge >= 0.3 is 17.6 Å². The van der Waals surface area contributed by atoms with Crippen LogP contribution in [0.1, 0.15) is 51.4 Å². The van der Waals surface area contributed by atoms with E-state index in [4.69, 9.17) is 26.6 Å². The average Bonchev–Trinajstić information content (AvgIpc) is 2.81. The predicted molar refractivity (Wildman–Crippen MR) is 135 cm³/mol. The van der Waals surface area contributed by atoms with Gasteiger partial charge in [0.15, 0.2) is 0 Å². The molecule has 0 radical (unpaired) electrons. The van der Waals surface area contributed by atoms with Gasteiger partial charge in [0, 0.05) is 53.1 Å². The highest BCUT2D eigenvalue weighted by Gasteiger charge is 2.46. The summed E-state index contributed by atoms with van der Waals surface area (Å²) in [6, 6.07) is 0. The molecule has 0 bridgehead atoms. The summed E-state index contributed by atoms with van der Waals surface area (Å²) >= 11 is 0. The fourth-order valence-corrected chi connectivity index (χ4v) is 16.1. The zero-order valence-corrected chi connectivity index (χ0v) is 24.0. The zero-order valence-electron chi connectivity index (χ0n) is 18.7. The first-order valence-corrected chi connectivity index (χ1v) is 18.3. The molecule has 2 rings (SSSR count). The number of rotatable bonds is 13. The molecular formula is C18H34O6S4Si2. The second-order valence-electron chi connectivity index (χ2n) is 6.86. The molecule has 0 unspecified atom stereocenters. The van der Waals surface area contributed by atoms with Gasteiger partial charge in [0.1, 0.15) is 0 Å². The maximum absolute atomic E-state index is 5.75. The molecule has 6 nitrogen and oxygen atoms in total. The minimum atomic E-state index is -2.75. The molecule has 2 aliphatic carbocycles. The Bertz CT molecular complexity index is 543. The Morgan fingerprint density at radius 1 is 0.500 bits per heavy atom. The van der Waals surface area contributed by atoms with Crippen LogP contribution < -0.4 is 0 Å². The number of hydrogen-bond donors (Lipinski definition) is 0. The number of allylic oxidation sites excluding steroid dienone is 4. The van der Waals surface area contributed by atoms with Crippen molar-refractivity contribution in [2.75, 3.05) is 42.7 Å². The van der Waals surface area contributed by atoms with Crippen molar-refractivity contribution in [1.82, 2.24) is 0 Å². The van der Waals surface area contributed by atoms with Crippen LogP contribution in [-0.4, -0.2) is 60.3 Å². The minimum Gasteiger partial charge on any atom is -0.374 e. The van der Waals surface area contributed by atoms with Crippen molar-refractivity contribution in [3.8, 4) is 0 Å². The molecule has 0 spiro atoms. The molecule has 0 aromatic heterocycles. The predicted octanol–water partition coefficient (Wildman–Crippen LogP) is 6.16. The van der Waals surface area contributed by atoms with Gasteiger partial charge in [-0.2, -0.15) is 0 Å². The highest BCUT2D eigenvalue weighted by molar-refractivity contribution is 9.26. The van der Waals surface area contributed by atoms with E-state index in [0.29, 0.717) is 0 Å². The SMILES string of the molecule is CO[Si](OC)(OC)C1=C(SSSSC2=C([Si](OC)(OC)OC)CCCC2)CCCC1. The van der Waals surface area contributed by atoms with E-state index in [-0.39, 0.29) is 0 Å². The molecule has 0 N–H and O–H groups in total. The molecule has 0 aromatic carbocycles.